The maximum Gasteiger partial charge on any atom is 0.251 e. The first-order chi connectivity index (χ1) is 9.31. The van der Waals surface area contributed by atoms with Crippen LogP contribution in [0.1, 0.15) is 22.3 Å². The Bertz CT molecular complexity index is 469. The van der Waals surface area contributed by atoms with Gasteiger partial charge in [-0.25, -0.2) is 0 Å². The average Bonchev–Trinajstić information content (AvgIpc) is 2.47. The van der Waals surface area contributed by atoms with Crippen LogP contribution in [0, 0.1) is 0 Å². The third-order valence-electron chi connectivity index (χ3n) is 3.20. The first-order valence-corrected chi connectivity index (χ1v) is 6.55. The molecule has 1 aromatic carbocycles. The predicted octanol–water partition coefficient (Wildman–Crippen LogP) is 1.48. The zero-order valence-electron chi connectivity index (χ0n) is 11.2. The van der Waals surface area contributed by atoms with E-state index in [4.69, 9.17) is 4.74 Å². The highest BCUT2D eigenvalue weighted by Gasteiger charge is 2.11. The molecule has 2 N–H and O–H groups in total. The van der Waals surface area contributed by atoms with Gasteiger partial charge in [0.05, 0.1) is 6.61 Å². The van der Waals surface area contributed by atoms with Gasteiger partial charge in [-0.1, -0.05) is 29.8 Å². The minimum absolute atomic E-state index is 0.0351. The molecule has 0 fully saturated rings. The van der Waals surface area contributed by atoms with E-state index in [2.05, 4.69) is 16.7 Å². The number of methoxy groups -OCH3 is 1. The Balaban J connectivity index is 1.97. The molecule has 4 heteroatoms. The molecule has 0 aliphatic carbocycles. The van der Waals surface area contributed by atoms with Crippen molar-refractivity contribution >= 4 is 5.91 Å². The third kappa shape index (κ3) is 3.91. The van der Waals surface area contributed by atoms with Crippen LogP contribution < -0.4 is 10.6 Å². The van der Waals surface area contributed by atoms with Gasteiger partial charge in [0.1, 0.15) is 0 Å². The Labute approximate surface area is 113 Å². The molecule has 0 spiro atoms. The van der Waals surface area contributed by atoms with E-state index >= 15 is 0 Å². The van der Waals surface area contributed by atoms with E-state index in [1.165, 1.54) is 5.57 Å². The summed E-state index contributed by atoms with van der Waals surface area (Å²) in [6.07, 6.45) is 3.14. The predicted molar refractivity (Wildman–Crippen MR) is 75.1 cm³/mol. The van der Waals surface area contributed by atoms with Gasteiger partial charge >= 0.3 is 0 Å². The second-order valence-corrected chi connectivity index (χ2v) is 4.59. The molecule has 0 radical (unpaired) electrons. The molecule has 19 heavy (non-hydrogen) atoms. The SMILES string of the molecule is COCc1ccccc1C(=O)NCC1=CCNCC1. The number of rotatable bonds is 5. The standard InChI is InChI=1S/C15H20N2O2/c1-19-11-13-4-2-3-5-14(13)15(18)17-10-12-6-8-16-9-7-12/h2-6,16H,7-11H2,1H3,(H,17,18). The lowest BCUT2D eigenvalue weighted by atomic mass is 10.1. The zero-order chi connectivity index (χ0) is 13.5. The van der Waals surface area contributed by atoms with Crippen molar-refractivity contribution in [2.24, 2.45) is 0 Å². The second-order valence-electron chi connectivity index (χ2n) is 4.59. The molecule has 1 heterocycles. The molecular weight excluding hydrogens is 240 g/mol. The van der Waals surface area contributed by atoms with Crippen molar-refractivity contribution in [3.05, 3.63) is 47.0 Å². The summed E-state index contributed by atoms with van der Waals surface area (Å²) in [5.74, 6) is -0.0351. The molecule has 0 saturated carbocycles. The van der Waals surface area contributed by atoms with E-state index in [9.17, 15) is 4.79 Å². The third-order valence-corrected chi connectivity index (χ3v) is 3.20. The van der Waals surface area contributed by atoms with Gasteiger partial charge in [0.2, 0.25) is 0 Å². The fourth-order valence-corrected chi connectivity index (χ4v) is 2.14. The van der Waals surface area contributed by atoms with Crippen LogP contribution in [0.25, 0.3) is 0 Å². The van der Waals surface area contributed by atoms with Gasteiger partial charge in [0.25, 0.3) is 5.91 Å². The molecular formula is C15H20N2O2. The number of carbonyl (C=O) groups excluding carboxylic acids is 1. The quantitative estimate of drug-likeness (QED) is 0.789. The number of nitrogens with one attached hydrogen (secondary N) is 2. The number of benzene rings is 1. The highest BCUT2D eigenvalue weighted by atomic mass is 16.5. The van der Waals surface area contributed by atoms with Crippen LogP contribution in [0.5, 0.6) is 0 Å². The summed E-state index contributed by atoms with van der Waals surface area (Å²) >= 11 is 0. The van der Waals surface area contributed by atoms with Crippen molar-refractivity contribution in [2.75, 3.05) is 26.7 Å². The van der Waals surface area contributed by atoms with E-state index < -0.39 is 0 Å². The van der Waals surface area contributed by atoms with Crippen molar-refractivity contribution in [3.8, 4) is 0 Å². The van der Waals surface area contributed by atoms with Gasteiger partial charge in [-0.2, -0.15) is 0 Å². The van der Waals surface area contributed by atoms with Crippen LogP contribution in [0.2, 0.25) is 0 Å². The number of hydrogen-bond donors (Lipinski definition) is 2. The van der Waals surface area contributed by atoms with Crippen molar-refractivity contribution < 1.29 is 9.53 Å². The molecule has 0 bridgehead atoms. The summed E-state index contributed by atoms with van der Waals surface area (Å²) in [5.41, 5.74) is 2.90. The molecule has 102 valence electrons. The fourth-order valence-electron chi connectivity index (χ4n) is 2.14. The van der Waals surface area contributed by atoms with Crippen molar-refractivity contribution in [3.63, 3.8) is 0 Å². The molecule has 1 aliphatic rings. The number of amides is 1. The van der Waals surface area contributed by atoms with Gasteiger partial charge in [0.15, 0.2) is 0 Å². The van der Waals surface area contributed by atoms with E-state index in [0.29, 0.717) is 18.7 Å². The lowest BCUT2D eigenvalue weighted by molar-refractivity contribution is 0.0951. The lowest BCUT2D eigenvalue weighted by Crippen LogP contribution is -2.30. The van der Waals surface area contributed by atoms with Gasteiger partial charge in [0, 0.05) is 25.8 Å². The van der Waals surface area contributed by atoms with Crippen molar-refractivity contribution in [2.45, 2.75) is 13.0 Å². The highest BCUT2D eigenvalue weighted by Crippen LogP contribution is 2.10. The fraction of sp³-hybridized carbons (Fsp3) is 0.400. The average molecular weight is 260 g/mol. The Hall–Kier alpha value is -1.65. The smallest absolute Gasteiger partial charge is 0.251 e. The summed E-state index contributed by atoms with van der Waals surface area (Å²) in [7, 11) is 1.63. The van der Waals surface area contributed by atoms with E-state index in [1.807, 2.05) is 24.3 Å². The maximum atomic E-state index is 12.2. The molecule has 1 aromatic rings. The normalized spacial score (nSPS) is 14.9. The van der Waals surface area contributed by atoms with Crippen LogP contribution in [0.4, 0.5) is 0 Å². The number of ether oxygens (including phenoxy) is 1. The second kappa shape index (κ2) is 7.07. The summed E-state index contributed by atoms with van der Waals surface area (Å²) in [4.78, 5) is 12.2. The summed E-state index contributed by atoms with van der Waals surface area (Å²) in [6, 6.07) is 7.54. The van der Waals surface area contributed by atoms with Crippen LogP contribution in [-0.2, 0) is 11.3 Å². The highest BCUT2D eigenvalue weighted by molar-refractivity contribution is 5.95. The maximum absolute atomic E-state index is 12.2. The first-order valence-electron chi connectivity index (χ1n) is 6.55. The molecule has 1 amide bonds. The van der Waals surface area contributed by atoms with Crippen LogP contribution >= 0.6 is 0 Å². The summed E-state index contributed by atoms with van der Waals surface area (Å²) in [6.45, 7) is 2.96. The Morgan fingerprint density at radius 1 is 1.42 bits per heavy atom. The van der Waals surface area contributed by atoms with Crippen LogP contribution in [-0.4, -0.2) is 32.7 Å². The largest absolute Gasteiger partial charge is 0.380 e. The van der Waals surface area contributed by atoms with Crippen molar-refractivity contribution in [1.29, 1.82) is 0 Å². The van der Waals surface area contributed by atoms with Gasteiger partial charge < -0.3 is 15.4 Å². The summed E-state index contributed by atoms with van der Waals surface area (Å²) in [5, 5.41) is 6.23. The Morgan fingerprint density at radius 3 is 3.00 bits per heavy atom. The van der Waals surface area contributed by atoms with E-state index in [0.717, 1.165) is 25.1 Å². The molecule has 4 nitrogen and oxygen atoms in total. The monoisotopic (exact) mass is 260 g/mol. The minimum atomic E-state index is -0.0351. The zero-order valence-corrected chi connectivity index (χ0v) is 11.2. The molecule has 2 rings (SSSR count). The van der Waals surface area contributed by atoms with Gasteiger partial charge in [-0.15, -0.1) is 0 Å². The molecule has 0 atom stereocenters. The van der Waals surface area contributed by atoms with Gasteiger partial charge in [-0.3, -0.25) is 4.79 Å². The summed E-state index contributed by atoms with van der Waals surface area (Å²) < 4.78 is 5.11. The molecule has 1 aliphatic heterocycles. The van der Waals surface area contributed by atoms with E-state index in [1.54, 1.807) is 7.11 Å². The van der Waals surface area contributed by atoms with E-state index in [-0.39, 0.29) is 5.91 Å². The molecule has 0 aromatic heterocycles. The first kappa shape index (κ1) is 13.8. The topological polar surface area (TPSA) is 50.4 Å². The van der Waals surface area contributed by atoms with Gasteiger partial charge in [-0.05, 0) is 24.6 Å². The van der Waals surface area contributed by atoms with Crippen LogP contribution in [0.15, 0.2) is 35.9 Å². The number of carbonyl (C=O) groups is 1. The Kier molecular flexibility index (Phi) is 5.12. The molecule has 0 saturated heterocycles. The lowest BCUT2D eigenvalue weighted by Gasteiger charge is -2.15. The Morgan fingerprint density at radius 2 is 2.26 bits per heavy atom. The molecule has 0 unspecified atom stereocenters. The minimum Gasteiger partial charge on any atom is -0.380 e. The van der Waals surface area contributed by atoms with Crippen molar-refractivity contribution in [1.82, 2.24) is 10.6 Å². The number of hydrogen-bond acceptors (Lipinski definition) is 3. The van der Waals surface area contributed by atoms with Crippen LogP contribution in [0.3, 0.4) is 0 Å².